The molecule has 0 heterocycles. The number of nitrogens with one attached hydrogen (secondary N) is 2. The molecule has 0 spiro atoms. The van der Waals surface area contributed by atoms with Gasteiger partial charge in [-0.25, -0.2) is 0 Å². The topological polar surface area (TPSA) is 41.1 Å². The minimum Gasteiger partial charge on any atom is -0.382 e. The molecule has 0 bridgehead atoms. The Hall–Kier alpha value is -0.900. The second-order valence-electron chi connectivity index (χ2n) is 5.18. The summed E-state index contributed by atoms with van der Waals surface area (Å²) in [5, 5.41) is 6.29. The van der Waals surface area contributed by atoms with E-state index in [1.165, 1.54) is 0 Å². The van der Waals surface area contributed by atoms with Crippen molar-refractivity contribution in [1.82, 2.24) is 0 Å². The molecule has 4 heteroatoms. The van der Waals surface area contributed by atoms with Crippen LogP contribution in [0.1, 0.15) is 34.1 Å². The Morgan fingerprint density at radius 3 is 2.31 bits per heavy atom. The van der Waals surface area contributed by atoms with Crippen LogP contribution in [0.25, 0.3) is 0 Å². The van der Waals surface area contributed by atoms with Crippen molar-refractivity contribution in [2.45, 2.75) is 34.1 Å². The Labute approximate surface area is 102 Å². The lowest BCUT2D eigenvalue weighted by atomic mass is 9.92. The summed E-state index contributed by atoms with van der Waals surface area (Å²) in [7, 11) is 0. The fraction of sp³-hybridized carbons (Fsp3) is 0.667. The van der Waals surface area contributed by atoms with Gasteiger partial charge in [0, 0.05) is 13.1 Å². The SMILES string of the molecule is CCNc1c(NCCC(C)(C)C)c(=O)c1=S. The summed E-state index contributed by atoms with van der Waals surface area (Å²) in [5.74, 6) is 0. The van der Waals surface area contributed by atoms with Crippen LogP contribution < -0.4 is 16.1 Å². The summed E-state index contributed by atoms with van der Waals surface area (Å²) in [6.45, 7) is 10.1. The van der Waals surface area contributed by atoms with Gasteiger partial charge in [0.15, 0.2) is 0 Å². The van der Waals surface area contributed by atoms with Crippen molar-refractivity contribution in [2.24, 2.45) is 5.41 Å². The highest BCUT2D eigenvalue weighted by molar-refractivity contribution is 7.71. The first-order valence-corrected chi connectivity index (χ1v) is 6.08. The summed E-state index contributed by atoms with van der Waals surface area (Å²) < 4.78 is 0.431. The maximum absolute atomic E-state index is 11.5. The fourth-order valence-corrected chi connectivity index (χ4v) is 1.74. The molecule has 1 aromatic rings. The summed E-state index contributed by atoms with van der Waals surface area (Å²) in [6, 6.07) is 0. The second kappa shape index (κ2) is 4.95. The summed E-state index contributed by atoms with van der Waals surface area (Å²) in [6.07, 6.45) is 1.02. The zero-order chi connectivity index (χ0) is 12.3. The molecule has 0 aliphatic heterocycles. The Balaban J connectivity index is 2.58. The molecule has 0 saturated heterocycles. The predicted octanol–water partition coefficient (Wildman–Crippen LogP) is 2.93. The second-order valence-corrected chi connectivity index (χ2v) is 5.58. The highest BCUT2D eigenvalue weighted by Crippen LogP contribution is 2.24. The first-order valence-electron chi connectivity index (χ1n) is 5.68. The third-order valence-corrected chi connectivity index (χ3v) is 2.83. The lowest BCUT2D eigenvalue weighted by molar-refractivity contribution is 0.389. The van der Waals surface area contributed by atoms with Gasteiger partial charge in [-0.05, 0) is 18.8 Å². The molecule has 2 N–H and O–H groups in total. The molecule has 3 nitrogen and oxygen atoms in total. The third kappa shape index (κ3) is 3.04. The normalized spacial score (nSPS) is 11.8. The van der Waals surface area contributed by atoms with Crippen molar-refractivity contribution in [3.05, 3.63) is 14.7 Å². The quantitative estimate of drug-likeness (QED) is 0.776. The molecule has 0 aliphatic rings. The van der Waals surface area contributed by atoms with Gasteiger partial charge in [-0.2, -0.15) is 0 Å². The van der Waals surface area contributed by atoms with Gasteiger partial charge in [0.05, 0.1) is 5.69 Å². The van der Waals surface area contributed by atoms with Gasteiger partial charge in [-0.15, -0.1) is 0 Å². The number of rotatable bonds is 5. The van der Waals surface area contributed by atoms with E-state index < -0.39 is 0 Å². The lowest BCUT2D eigenvalue weighted by Gasteiger charge is -2.20. The molecular weight excluding hydrogens is 220 g/mol. The van der Waals surface area contributed by atoms with E-state index in [4.69, 9.17) is 12.2 Å². The molecule has 0 aromatic heterocycles. The largest absolute Gasteiger partial charge is 0.382 e. The van der Waals surface area contributed by atoms with E-state index in [2.05, 4.69) is 31.4 Å². The summed E-state index contributed by atoms with van der Waals surface area (Å²) >= 11 is 4.98. The molecule has 0 saturated carbocycles. The van der Waals surface area contributed by atoms with E-state index in [-0.39, 0.29) is 10.8 Å². The maximum atomic E-state index is 11.5. The molecule has 0 unspecified atom stereocenters. The van der Waals surface area contributed by atoms with Crippen LogP contribution >= 0.6 is 12.2 Å². The highest BCUT2D eigenvalue weighted by atomic mass is 32.1. The standard InChI is InChI=1S/C12H20N2OS/c1-5-13-9-8(10(15)11(9)16)14-7-6-12(2,3)4/h13-14H,5-7H2,1-4H3. The average Bonchev–Trinajstić information content (AvgIpc) is 2.20. The molecule has 0 radical (unpaired) electrons. The molecule has 1 aromatic carbocycles. The van der Waals surface area contributed by atoms with E-state index >= 15 is 0 Å². The van der Waals surface area contributed by atoms with Gasteiger partial charge in [0.2, 0.25) is 5.43 Å². The van der Waals surface area contributed by atoms with Gasteiger partial charge in [-0.3, -0.25) is 4.79 Å². The maximum Gasteiger partial charge on any atom is 0.223 e. The third-order valence-electron chi connectivity index (χ3n) is 2.44. The van der Waals surface area contributed by atoms with Crippen LogP contribution in [0.3, 0.4) is 0 Å². The Morgan fingerprint density at radius 2 is 1.81 bits per heavy atom. The van der Waals surface area contributed by atoms with Crippen molar-refractivity contribution in [3.8, 4) is 0 Å². The van der Waals surface area contributed by atoms with Gasteiger partial charge in [0.1, 0.15) is 10.2 Å². The van der Waals surface area contributed by atoms with Gasteiger partial charge in [-0.1, -0.05) is 33.0 Å². The first-order chi connectivity index (χ1) is 7.37. The minimum absolute atomic E-state index is 0.0279. The van der Waals surface area contributed by atoms with Crippen molar-refractivity contribution >= 4 is 23.6 Å². The van der Waals surface area contributed by atoms with Crippen LogP contribution in [0.5, 0.6) is 0 Å². The summed E-state index contributed by atoms with van der Waals surface area (Å²) in [5.41, 5.74) is 1.73. The van der Waals surface area contributed by atoms with E-state index in [1.54, 1.807) is 0 Å². The molecule has 90 valence electrons. The minimum atomic E-state index is -0.0279. The van der Waals surface area contributed by atoms with Crippen LogP contribution in [0, 0.1) is 9.93 Å². The molecule has 0 aliphatic carbocycles. The first kappa shape index (κ1) is 13.2. The molecule has 0 amide bonds. The predicted molar refractivity (Wildman–Crippen MR) is 72.6 cm³/mol. The van der Waals surface area contributed by atoms with Crippen LogP contribution in [0.4, 0.5) is 11.4 Å². The molecule has 16 heavy (non-hydrogen) atoms. The zero-order valence-corrected chi connectivity index (χ0v) is 11.3. The van der Waals surface area contributed by atoms with Crippen LogP contribution in [-0.2, 0) is 0 Å². The van der Waals surface area contributed by atoms with Crippen molar-refractivity contribution < 1.29 is 0 Å². The number of anilines is 2. The molecular formula is C12H20N2OS. The number of hydrogen-bond donors (Lipinski definition) is 2. The Kier molecular flexibility index (Phi) is 4.08. The van der Waals surface area contributed by atoms with E-state index in [0.29, 0.717) is 10.2 Å². The lowest BCUT2D eigenvalue weighted by Crippen LogP contribution is -2.23. The van der Waals surface area contributed by atoms with Crippen LogP contribution in [0.15, 0.2) is 4.79 Å². The van der Waals surface area contributed by atoms with Gasteiger partial charge >= 0.3 is 0 Å². The molecule has 0 atom stereocenters. The van der Waals surface area contributed by atoms with E-state index in [9.17, 15) is 4.79 Å². The van der Waals surface area contributed by atoms with Crippen LogP contribution in [0.2, 0.25) is 0 Å². The monoisotopic (exact) mass is 240 g/mol. The molecule has 0 fully saturated rings. The van der Waals surface area contributed by atoms with Crippen LogP contribution in [-0.4, -0.2) is 13.1 Å². The smallest absolute Gasteiger partial charge is 0.223 e. The van der Waals surface area contributed by atoms with E-state index in [0.717, 1.165) is 25.2 Å². The number of hydrogen-bond acceptors (Lipinski definition) is 4. The van der Waals surface area contributed by atoms with Gasteiger partial charge < -0.3 is 10.6 Å². The summed E-state index contributed by atoms with van der Waals surface area (Å²) in [4.78, 5) is 11.5. The van der Waals surface area contributed by atoms with Gasteiger partial charge in [0.25, 0.3) is 0 Å². The molecule has 1 rings (SSSR count). The van der Waals surface area contributed by atoms with Crippen molar-refractivity contribution in [1.29, 1.82) is 0 Å². The van der Waals surface area contributed by atoms with Crippen molar-refractivity contribution in [3.63, 3.8) is 0 Å². The van der Waals surface area contributed by atoms with E-state index in [1.807, 2.05) is 6.92 Å². The Bertz CT molecular complexity index is 425. The zero-order valence-electron chi connectivity index (χ0n) is 10.4. The van der Waals surface area contributed by atoms with Crippen molar-refractivity contribution in [2.75, 3.05) is 23.7 Å². The Morgan fingerprint density at radius 1 is 1.19 bits per heavy atom. The highest BCUT2D eigenvalue weighted by Gasteiger charge is 2.17. The fourth-order valence-electron chi connectivity index (χ4n) is 1.47. The average molecular weight is 240 g/mol.